The first-order valence-corrected chi connectivity index (χ1v) is 4.32. The van der Waals surface area contributed by atoms with E-state index in [1.807, 2.05) is 6.92 Å². The molecule has 3 N–H and O–H groups in total. The molecule has 0 spiro atoms. The van der Waals surface area contributed by atoms with Crippen molar-refractivity contribution in [3.8, 4) is 5.75 Å². The normalized spacial score (nSPS) is 8.93. The molecule has 0 radical (unpaired) electrons. The van der Waals surface area contributed by atoms with E-state index in [1.165, 1.54) is 6.07 Å². The van der Waals surface area contributed by atoms with E-state index in [4.69, 9.17) is 5.73 Å². The number of nitrogens with zero attached hydrogens (tertiary/aromatic N) is 1. The van der Waals surface area contributed by atoms with Gasteiger partial charge in [0, 0.05) is 25.4 Å². The predicted molar refractivity (Wildman–Crippen MR) is 65.3 cm³/mol. The van der Waals surface area contributed by atoms with Gasteiger partial charge in [-0.1, -0.05) is 6.92 Å². The molecule has 0 aliphatic rings. The first-order chi connectivity index (χ1) is 6.20. The Bertz CT molecular complexity index is 352. The van der Waals surface area contributed by atoms with Crippen molar-refractivity contribution in [3.63, 3.8) is 0 Å². The zero-order valence-corrected chi connectivity index (χ0v) is 10.1. The van der Waals surface area contributed by atoms with Crippen molar-refractivity contribution in [1.82, 2.24) is 4.57 Å². The van der Waals surface area contributed by atoms with Gasteiger partial charge in [-0.15, -0.1) is 24.8 Å². The first kappa shape index (κ1) is 16.7. The molecule has 0 aliphatic carbocycles. The molecule has 6 heteroatoms. The summed E-state index contributed by atoms with van der Waals surface area (Å²) in [6.45, 7) is 3.01. The minimum absolute atomic E-state index is 0. The average Bonchev–Trinajstić information content (AvgIpc) is 2.12. The van der Waals surface area contributed by atoms with Gasteiger partial charge in [-0.2, -0.15) is 0 Å². The molecule has 15 heavy (non-hydrogen) atoms. The third-order valence-corrected chi connectivity index (χ3v) is 1.96. The molecule has 1 aromatic rings. The summed E-state index contributed by atoms with van der Waals surface area (Å²) < 4.78 is 1.80. The fourth-order valence-corrected chi connectivity index (χ4v) is 1.32. The minimum atomic E-state index is -0.329. The van der Waals surface area contributed by atoms with Gasteiger partial charge in [0.25, 0.3) is 0 Å². The number of nitrogens with two attached hydrogens (primary N) is 1. The van der Waals surface area contributed by atoms with Gasteiger partial charge < -0.3 is 15.4 Å². The highest BCUT2D eigenvalue weighted by molar-refractivity contribution is 5.85. The largest absolute Gasteiger partial charge is 0.503 e. The Balaban J connectivity index is 0. The standard InChI is InChI=1S/C9H14N2O2.2ClH/c1-2-7-9(13)8(12)3-5-11(7)6-4-10;;/h3,5,13H,2,4,6,10H2,1H3;2*1H. The maximum absolute atomic E-state index is 11.1. The molecule has 0 aliphatic heterocycles. The van der Waals surface area contributed by atoms with E-state index < -0.39 is 0 Å². The molecular weight excluding hydrogens is 239 g/mol. The smallest absolute Gasteiger partial charge is 0.223 e. The zero-order valence-electron chi connectivity index (χ0n) is 8.47. The van der Waals surface area contributed by atoms with Gasteiger partial charge in [0.2, 0.25) is 5.43 Å². The van der Waals surface area contributed by atoms with Gasteiger partial charge in [0.1, 0.15) is 0 Å². The number of pyridine rings is 1. The van der Waals surface area contributed by atoms with E-state index in [0.717, 1.165) is 0 Å². The highest BCUT2D eigenvalue weighted by Crippen LogP contribution is 2.11. The number of hydrogen-bond acceptors (Lipinski definition) is 3. The average molecular weight is 255 g/mol. The van der Waals surface area contributed by atoms with Crippen LogP contribution in [-0.4, -0.2) is 16.2 Å². The molecule has 0 saturated carbocycles. The Morgan fingerprint density at radius 3 is 2.53 bits per heavy atom. The summed E-state index contributed by atoms with van der Waals surface area (Å²) in [6, 6.07) is 1.35. The van der Waals surface area contributed by atoms with Crippen LogP contribution in [0.4, 0.5) is 0 Å². The van der Waals surface area contributed by atoms with Crippen LogP contribution in [0, 0.1) is 0 Å². The molecule has 0 unspecified atom stereocenters. The van der Waals surface area contributed by atoms with Gasteiger partial charge in [-0.25, -0.2) is 0 Å². The molecule has 0 fully saturated rings. The van der Waals surface area contributed by atoms with Crippen LogP contribution in [-0.2, 0) is 13.0 Å². The molecule has 4 nitrogen and oxygen atoms in total. The third-order valence-electron chi connectivity index (χ3n) is 1.96. The predicted octanol–water partition coefficient (Wildman–Crippen LogP) is 0.919. The third kappa shape index (κ3) is 3.74. The lowest BCUT2D eigenvalue weighted by atomic mass is 10.2. The molecule has 88 valence electrons. The van der Waals surface area contributed by atoms with Crippen molar-refractivity contribution >= 4 is 24.8 Å². The molecular formula is C9H16Cl2N2O2. The molecule has 0 saturated heterocycles. The molecule has 0 amide bonds. The summed E-state index contributed by atoms with van der Waals surface area (Å²) in [5.74, 6) is -0.154. The van der Waals surface area contributed by atoms with Gasteiger partial charge >= 0.3 is 0 Å². The number of rotatable bonds is 3. The van der Waals surface area contributed by atoms with Crippen molar-refractivity contribution in [2.24, 2.45) is 5.73 Å². The highest BCUT2D eigenvalue weighted by atomic mass is 35.5. The number of halogens is 2. The van der Waals surface area contributed by atoms with Crippen molar-refractivity contribution < 1.29 is 5.11 Å². The SMILES string of the molecule is CCc1c(O)c(=O)ccn1CCN.Cl.Cl. The zero-order chi connectivity index (χ0) is 9.84. The molecule has 0 atom stereocenters. The summed E-state index contributed by atoms with van der Waals surface area (Å²) in [4.78, 5) is 11.1. The summed E-state index contributed by atoms with van der Waals surface area (Å²) >= 11 is 0. The van der Waals surface area contributed by atoms with Crippen LogP contribution in [0.2, 0.25) is 0 Å². The van der Waals surface area contributed by atoms with E-state index in [-0.39, 0.29) is 36.0 Å². The van der Waals surface area contributed by atoms with Gasteiger partial charge in [0.05, 0.1) is 5.69 Å². The van der Waals surface area contributed by atoms with Crippen LogP contribution in [0.1, 0.15) is 12.6 Å². The van der Waals surface area contributed by atoms with Crippen LogP contribution in [0.5, 0.6) is 5.75 Å². The summed E-state index contributed by atoms with van der Waals surface area (Å²) in [5.41, 5.74) is 5.71. The Labute approximate surface area is 101 Å². The number of aromatic hydroxyl groups is 1. The van der Waals surface area contributed by atoms with Crippen LogP contribution >= 0.6 is 24.8 Å². The number of aromatic nitrogens is 1. The second kappa shape index (κ2) is 7.56. The van der Waals surface area contributed by atoms with E-state index in [2.05, 4.69) is 0 Å². The second-order valence-electron chi connectivity index (χ2n) is 2.81. The monoisotopic (exact) mass is 254 g/mol. The fourth-order valence-electron chi connectivity index (χ4n) is 1.32. The summed E-state index contributed by atoms with van der Waals surface area (Å²) in [7, 11) is 0. The van der Waals surface area contributed by atoms with Gasteiger partial charge in [-0.3, -0.25) is 4.79 Å². The van der Waals surface area contributed by atoms with Crippen LogP contribution in [0.25, 0.3) is 0 Å². The molecule has 1 rings (SSSR count). The lowest BCUT2D eigenvalue weighted by Crippen LogP contribution is -2.16. The molecule has 1 heterocycles. The Morgan fingerprint density at radius 1 is 1.47 bits per heavy atom. The lowest BCUT2D eigenvalue weighted by Gasteiger charge is -2.11. The van der Waals surface area contributed by atoms with Crippen molar-refractivity contribution in [2.45, 2.75) is 19.9 Å². The van der Waals surface area contributed by atoms with E-state index in [9.17, 15) is 9.90 Å². The summed E-state index contributed by atoms with van der Waals surface area (Å²) in [6.07, 6.45) is 2.29. The minimum Gasteiger partial charge on any atom is -0.503 e. The Kier molecular flexibility index (Phi) is 8.43. The molecule has 0 aromatic carbocycles. The first-order valence-electron chi connectivity index (χ1n) is 4.32. The maximum Gasteiger partial charge on any atom is 0.223 e. The van der Waals surface area contributed by atoms with Crippen molar-refractivity contribution in [1.29, 1.82) is 0 Å². The fraction of sp³-hybridized carbons (Fsp3) is 0.444. The quantitative estimate of drug-likeness (QED) is 0.843. The van der Waals surface area contributed by atoms with Crippen LogP contribution in [0.15, 0.2) is 17.1 Å². The second-order valence-corrected chi connectivity index (χ2v) is 2.81. The highest BCUT2D eigenvalue weighted by Gasteiger charge is 2.06. The molecule has 0 bridgehead atoms. The molecule has 1 aromatic heterocycles. The Morgan fingerprint density at radius 2 is 2.07 bits per heavy atom. The Hall–Kier alpha value is -0.710. The van der Waals surface area contributed by atoms with Gasteiger partial charge in [-0.05, 0) is 6.42 Å². The maximum atomic E-state index is 11.1. The van der Waals surface area contributed by atoms with Crippen LogP contribution in [0.3, 0.4) is 0 Å². The lowest BCUT2D eigenvalue weighted by molar-refractivity contribution is 0.449. The van der Waals surface area contributed by atoms with E-state index in [1.54, 1.807) is 10.8 Å². The van der Waals surface area contributed by atoms with Crippen molar-refractivity contribution in [2.75, 3.05) is 6.54 Å². The van der Waals surface area contributed by atoms with E-state index in [0.29, 0.717) is 25.2 Å². The van der Waals surface area contributed by atoms with Gasteiger partial charge in [0.15, 0.2) is 5.75 Å². The van der Waals surface area contributed by atoms with Crippen LogP contribution < -0.4 is 11.2 Å². The van der Waals surface area contributed by atoms with Crippen molar-refractivity contribution in [3.05, 3.63) is 28.2 Å². The summed E-state index contributed by atoms with van der Waals surface area (Å²) in [5, 5.41) is 9.43. The van der Waals surface area contributed by atoms with E-state index >= 15 is 0 Å². The topological polar surface area (TPSA) is 68.2 Å². The number of hydrogen-bond donors (Lipinski definition) is 2.